The van der Waals surface area contributed by atoms with Gasteiger partial charge in [0.2, 0.25) is 0 Å². The molecule has 4 rings (SSSR count). The molecular weight excluding hydrogens is 314 g/mol. The molecule has 24 heavy (non-hydrogen) atoms. The van der Waals surface area contributed by atoms with Crippen LogP contribution in [-0.4, -0.2) is 14.5 Å². The molecule has 0 radical (unpaired) electrons. The van der Waals surface area contributed by atoms with Crippen molar-refractivity contribution in [2.45, 2.75) is 39.2 Å². The van der Waals surface area contributed by atoms with Crippen LogP contribution in [0.15, 0.2) is 36.4 Å². The monoisotopic (exact) mass is 335 g/mol. The Morgan fingerprint density at radius 1 is 1.17 bits per heavy atom. The Balaban J connectivity index is 1.78. The second-order valence-electron chi connectivity index (χ2n) is 6.82. The van der Waals surface area contributed by atoms with E-state index in [2.05, 4.69) is 42.7 Å². The first-order valence-corrected chi connectivity index (χ1v) is 8.80. The van der Waals surface area contributed by atoms with Crippen LogP contribution in [0.4, 0.5) is 0 Å². The highest BCUT2D eigenvalue weighted by Gasteiger charge is 2.29. The maximum atomic E-state index is 5.69. The SMILES string of the molecule is Cc1cc2nc(C3CC3)n(Cc3ccc(C(N)=S)cc3)c2cc1C. The van der Waals surface area contributed by atoms with Crippen molar-refractivity contribution in [3.8, 4) is 0 Å². The molecule has 1 heterocycles. The van der Waals surface area contributed by atoms with Crippen molar-refractivity contribution in [1.29, 1.82) is 0 Å². The first kappa shape index (κ1) is 15.3. The fourth-order valence-electron chi connectivity index (χ4n) is 3.17. The van der Waals surface area contributed by atoms with Gasteiger partial charge in [-0.25, -0.2) is 4.98 Å². The zero-order valence-corrected chi connectivity index (χ0v) is 14.9. The number of aromatic nitrogens is 2. The number of nitrogens with zero attached hydrogens (tertiary/aromatic N) is 2. The molecule has 1 aliphatic carbocycles. The molecule has 3 nitrogen and oxygen atoms in total. The lowest BCUT2D eigenvalue weighted by atomic mass is 10.1. The van der Waals surface area contributed by atoms with Gasteiger partial charge < -0.3 is 10.3 Å². The molecular formula is C20H21N3S. The zero-order valence-electron chi connectivity index (χ0n) is 14.0. The van der Waals surface area contributed by atoms with Gasteiger partial charge in [0.25, 0.3) is 0 Å². The van der Waals surface area contributed by atoms with Crippen LogP contribution in [0.5, 0.6) is 0 Å². The lowest BCUT2D eigenvalue weighted by Gasteiger charge is -2.10. The molecule has 0 atom stereocenters. The van der Waals surface area contributed by atoms with Gasteiger partial charge in [-0.3, -0.25) is 0 Å². The number of benzene rings is 2. The third-order valence-electron chi connectivity index (χ3n) is 4.91. The van der Waals surface area contributed by atoms with E-state index >= 15 is 0 Å². The molecule has 1 saturated carbocycles. The van der Waals surface area contributed by atoms with E-state index in [0.29, 0.717) is 10.9 Å². The average Bonchev–Trinajstić information content (AvgIpc) is 3.34. The maximum absolute atomic E-state index is 5.69. The van der Waals surface area contributed by atoms with Gasteiger partial charge in [-0.2, -0.15) is 0 Å². The first-order chi connectivity index (χ1) is 11.5. The summed E-state index contributed by atoms with van der Waals surface area (Å²) in [5.74, 6) is 1.85. The number of nitrogens with two attached hydrogens (primary N) is 1. The number of hydrogen-bond acceptors (Lipinski definition) is 2. The molecule has 2 aromatic carbocycles. The fraction of sp³-hybridized carbons (Fsp3) is 0.300. The fourth-order valence-corrected chi connectivity index (χ4v) is 3.31. The minimum Gasteiger partial charge on any atom is -0.389 e. The number of aryl methyl sites for hydroxylation is 2. The molecule has 4 heteroatoms. The summed E-state index contributed by atoms with van der Waals surface area (Å²) in [5.41, 5.74) is 12.8. The van der Waals surface area contributed by atoms with Crippen molar-refractivity contribution in [3.63, 3.8) is 0 Å². The summed E-state index contributed by atoms with van der Waals surface area (Å²) < 4.78 is 2.38. The van der Waals surface area contributed by atoms with Crippen molar-refractivity contribution in [2.75, 3.05) is 0 Å². The summed E-state index contributed by atoms with van der Waals surface area (Å²) in [6, 6.07) is 12.7. The van der Waals surface area contributed by atoms with E-state index in [9.17, 15) is 0 Å². The Kier molecular flexibility index (Phi) is 3.65. The lowest BCUT2D eigenvalue weighted by molar-refractivity contribution is 0.747. The molecule has 1 aliphatic rings. The van der Waals surface area contributed by atoms with E-state index < -0.39 is 0 Å². The van der Waals surface area contributed by atoms with Gasteiger partial charge in [0, 0.05) is 18.0 Å². The molecule has 1 fully saturated rings. The summed E-state index contributed by atoms with van der Waals surface area (Å²) in [6.07, 6.45) is 2.50. The van der Waals surface area contributed by atoms with Gasteiger partial charge >= 0.3 is 0 Å². The van der Waals surface area contributed by atoms with E-state index in [1.54, 1.807) is 0 Å². The summed E-state index contributed by atoms with van der Waals surface area (Å²) in [4.78, 5) is 5.38. The number of imidazole rings is 1. The Morgan fingerprint density at radius 3 is 2.46 bits per heavy atom. The predicted molar refractivity (Wildman–Crippen MR) is 103 cm³/mol. The van der Waals surface area contributed by atoms with Crippen LogP contribution in [0, 0.1) is 13.8 Å². The Hall–Kier alpha value is -2.20. The summed E-state index contributed by atoms with van der Waals surface area (Å²) in [6.45, 7) is 5.15. The van der Waals surface area contributed by atoms with Gasteiger partial charge in [0.15, 0.2) is 0 Å². The quantitative estimate of drug-likeness (QED) is 0.726. The van der Waals surface area contributed by atoms with Crippen LogP contribution in [0.1, 0.15) is 46.8 Å². The normalized spacial score (nSPS) is 14.2. The summed E-state index contributed by atoms with van der Waals surface area (Å²) >= 11 is 5.04. The molecule has 0 aliphatic heterocycles. The Bertz CT molecular complexity index is 934. The molecule has 0 saturated heterocycles. The lowest BCUT2D eigenvalue weighted by Crippen LogP contribution is -2.09. The molecule has 0 unspecified atom stereocenters. The minimum atomic E-state index is 0.444. The van der Waals surface area contributed by atoms with Gasteiger partial charge in [-0.15, -0.1) is 0 Å². The molecule has 2 N–H and O–H groups in total. The largest absolute Gasteiger partial charge is 0.389 e. The first-order valence-electron chi connectivity index (χ1n) is 8.39. The van der Waals surface area contributed by atoms with E-state index in [4.69, 9.17) is 22.9 Å². The number of thiocarbonyl (C=S) groups is 1. The van der Waals surface area contributed by atoms with Gasteiger partial charge in [0.05, 0.1) is 11.0 Å². The predicted octanol–water partition coefficient (Wildman–Crippen LogP) is 4.21. The summed E-state index contributed by atoms with van der Waals surface area (Å²) in [5, 5.41) is 0. The van der Waals surface area contributed by atoms with Crippen molar-refractivity contribution < 1.29 is 0 Å². The molecule has 0 spiro atoms. The van der Waals surface area contributed by atoms with E-state index in [1.807, 2.05) is 12.1 Å². The highest BCUT2D eigenvalue weighted by molar-refractivity contribution is 7.80. The molecule has 1 aromatic heterocycles. The van der Waals surface area contributed by atoms with Crippen molar-refractivity contribution >= 4 is 28.2 Å². The van der Waals surface area contributed by atoms with Crippen LogP contribution >= 0.6 is 12.2 Å². The average molecular weight is 335 g/mol. The third-order valence-corrected chi connectivity index (χ3v) is 5.15. The number of fused-ring (bicyclic) bond motifs is 1. The van der Waals surface area contributed by atoms with Crippen molar-refractivity contribution in [1.82, 2.24) is 9.55 Å². The molecule has 122 valence electrons. The molecule has 3 aromatic rings. The van der Waals surface area contributed by atoms with Crippen molar-refractivity contribution in [2.24, 2.45) is 5.73 Å². The Morgan fingerprint density at radius 2 is 1.83 bits per heavy atom. The Labute approximate surface area is 147 Å². The highest BCUT2D eigenvalue weighted by Crippen LogP contribution is 2.41. The van der Waals surface area contributed by atoms with Crippen LogP contribution < -0.4 is 5.73 Å². The van der Waals surface area contributed by atoms with Crippen LogP contribution in [0.25, 0.3) is 11.0 Å². The van der Waals surface area contributed by atoms with Crippen LogP contribution in [-0.2, 0) is 6.54 Å². The summed E-state index contributed by atoms with van der Waals surface area (Å²) in [7, 11) is 0. The second kappa shape index (κ2) is 5.71. The number of rotatable bonds is 4. The zero-order chi connectivity index (χ0) is 16.8. The van der Waals surface area contributed by atoms with Crippen LogP contribution in [0.3, 0.4) is 0 Å². The molecule has 0 bridgehead atoms. The van der Waals surface area contributed by atoms with E-state index in [1.165, 1.54) is 40.9 Å². The smallest absolute Gasteiger partial charge is 0.113 e. The van der Waals surface area contributed by atoms with Gasteiger partial charge in [0.1, 0.15) is 10.8 Å². The minimum absolute atomic E-state index is 0.444. The maximum Gasteiger partial charge on any atom is 0.113 e. The number of hydrogen-bond donors (Lipinski definition) is 1. The van der Waals surface area contributed by atoms with E-state index in [0.717, 1.165) is 17.6 Å². The molecule has 0 amide bonds. The topological polar surface area (TPSA) is 43.8 Å². The van der Waals surface area contributed by atoms with Gasteiger partial charge in [-0.1, -0.05) is 36.5 Å². The highest BCUT2D eigenvalue weighted by atomic mass is 32.1. The van der Waals surface area contributed by atoms with E-state index in [-0.39, 0.29) is 0 Å². The van der Waals surface area contributed by atoms with Crippen LogP contribution in [0.2, 0.25) is 0 Å². The van der Waals surface area contributed by atoms with Crippen molar-refractivity contribution in [3.05, 3.63) is 64.5 Å². The standard InChI is InChI=1S/C20H21N3S/c1-12-9-17-18(10-13(12)2)23(20(22-17)16-7-8-16)11-14-3-5-15(6-4-14)19(21)24/h3-6,9-10,16H,7-8,11H2,1-2H3,(H2,21,24). The third kappa shape index (κ3) is 2.71. The second-order valence-corrected chi connectivity index (χ2v) is 7.26. The van der Waals surface area contributed by atoms with Gasteiger partial charge in [-0.05, 0) is 55.5 Å².